The molecule has 0 fully saturated rings. The lowest BCUT2D eigenvalue weighted by Gasteiger charge is -2.22. The number of ether oxygens (including phenoxy) is 3. The second-order valence-electron chi connectivity index (χ2n) is 7.74. The van der Waals surface area contributed by atoms with Crippen LogP contribution in [0.25, 0.3) is 0 Å². The number of nitrogens with zero attached hydrogens (tertiary/aromatic N) is 2. The summed E-state index contributed by atoms with van der Waals surface area (Å²) in [5.74, 6) is 1.28. The fraction of sp³-hybridized carbons (Fsp3) is 0.458. The van der Waals surface area contributed by atoms with Gasteiger partial charge in [-0.25, -0.2) is 8.42 Å². The van der Waals surface area contributed by atoms with Gasteiger partial charge in [0.2, 0.25) is 21.7 Å². The Morgan fingerprint density at radius 2 is 1.53 bits per heavy atom. The number of carbonyl (C=O) groups is 1. The van der Waals surface area contributed by atoms with E-state index in [2.05, 4.69) is 5.32 Å². The number of carbonyl (C=O) groups excluding carboxylic acids is 1. The van der Waals surface area contributed by atoms with Crippen molar-refractivity contribution < 1.29 is 27.4 Å². The Labute approximate surface area is 202 Å². The highest BCUT2D eigenvalue weighted by Gasteiger charge is 2.23. The van der Waals surface area contributed by atoms with Gasteiger partial charge >= 0.3 is 0 Å². The lowest BCUT2D eigenvalue weighted by Crippen LogP contribution is -2.30. The number of aryl methyl sites for hydroxylation is 1. The molecule has 0 saturated heterocycles. The highest BCUT2D eigenvalue weighted by Crippen LogP contribution is 2.38. The largest absolute Gasteiger partial charge is 0.493 e. The third kappa shape index (κ3) is 6.12. The second-order valence-corrected chi connectivity index (χ2v) is 9.68. The molecule has 0 radical (unpaired) electrons. The maximum absolute atomic E-state index is 13.0. The van der Waals surface area contributed by atoms with E-state index >= 15 is 0 Å². The number of nitrogens with one attached hydrogen (secondary N) is 1. The first-order chi connectivity index (χ1) is 16.1. The Bertz CT molecular complexity index is 1070. The molecule has 0 aromatic heterocycles. The molecule has 0 aliphatic heterocycles. The van der Waals surface area contributed by atoms with E-state index in [9.17, 15) is 13.2 Å². The van der Waals surface area contributed by atoms with Gasteiger partial charge in [0.15, 0.2) is 11.5 Å². The van der Waals surface area contributed by atoms with Crippen LogP contribution in [0.1, 0.15) is 25.8 Å². The topological polar surface area (TPSA) is 97.4 Å². The van der Waals surface area contributed by atoms with Gasteiger partial charge in [-0.15, -0.1) is 0 Å². The van der Waals surface area contributed by atoms with Gasteiger partial charge in [-0.05, 0) is 42.3 Å². The summed E-state index contributed by atoms with van der Waals surface area (Å²) in [7, 11) is 4.62. The van der Waals surface area contributed by atoms with Crippen molar-refractivity contribution in [1.82, 2.24) is 4.31 Å². The molecule has 0 spiro atoms. The fourth-order valence-electron chi connectivity index (χ4n) is 3.63. The maximum Gasteiger partial charge on any atom is 0.243 e. The zero-order valence-electron chi connectivity index (χ0n) is 21.0. The molecule has 1 amide bonds. The molecule has 0 atom stereocenters. The normalized spacial score (nSPS) is 11.3. The number of benzene rings is 2. The van der Waals surface area contributed by atoms with Crippen molar-refractivity contribution in [2.75, 3.05) is 58.7 Å². The summed E-state index contributed by atoms with van der Waals surface area (Å²) in [6, 6.07) is 8.38. The van der Waals surface area contributed by atoms with Crippen molar-refractivity contribution in [3.8, 4) is 17.2 Å². The smallest absolute Gasteiger partial charge is 0.243 e. The second kappa shape index (κ2) is 11.9. The molecule has 9 nitrogen and oxygen atoms in total. The lowest BCUT2D eigenvalue weighted by atomic mass is 10.1. The predicted molar refractivity (Wildman–Crippen MR) is 134 cm³/mol. The highest BCUT2D eigenvalue weighted by molar-refractivity contribution is 7.89. The molecule has 0 unspecified atom stereocenters. The van der Waals surface area contributed by atoms with E-state index in [0.717, 1.165) is 5.56 Å². The van der Waals surface area contributed by atoms with Gasteiger partial charge < -0.3 is 24.4 Å². The van der Waals surface area contributed by atoms with Crippen LogP contribution in [0.3, 0.4) is 0 Å². The van der Waals surface area contributed by atoms with Crippen molar-refractivity contribution in [3.63, 3.8) is 0 Å². The van der Waals surface area contributed by atoms with E-state index in [4.69, 9.17) is 14.2 Å². The molecule has 1 N–H and O–H groups in total. The molecule has 0 aliphatic rings. The first kappa shape index (κ1) is 27.3. The number of methoxy groups -OCH3 is 3. The Morgan fingerprint density at radius 3 is 2.00 bits per heavy atom. The van der Waals surface area contributed by atoms with Crippen LogP contribution in [-0.4, -0.2) is 67.1 Å². The molecule has 0 heterocycles. The maximum atomic E-state index is 13.0. The van der Waals surface area contributed by atoms with Gasteiger partial charge in [-0.2, -0.15) is 4.31 Å². The van der Waals surface area contributed by atoms with Gasteiger partial charge in [0.05, 0.1) is 37.6 Å². The summed E-state index contributed by atoms with van der Waals surface area (Å²) >= 11 is 0. The zero-order valence-corrected chi connectivity index (χ0v) is 21.8. The van der Waals surface area contributed by atoms with Crippen molar-refractivity contribution in [2.45, 2.75) is 31.6 Å². The van der Waals surface area contributed by atoms with Gasteiger partial charge in [-0.3, -0.25) is 4.79 Å². The third-order valence-corrected chi connectivity index (χ3v) is 7.48. The number of hydrogen-bond acceptors (Lipinski definition) is 7. The van der Waals surface area contributed by atoms with E-state index in [0.29, 0.717) is 48.1 Å². The van der Waals surface area contributed by atoms with Crippen molar-refractivity contribution in [2.24, 2.45) is 0 Å². The molecular formula is C24H35N3O6S. The number of amides is 1. The third-order valence-electron chi connectivity index (χ3n) is 5.43. The molecule has 2 rings (SSSR count). The van der Waals surface area contributed by atoms with Gasteiger partial charge in [0.1, 0.15) is 0 Å². The minimum Gasteiger partial charge on any atom is -0.493 e. The Hall–Kier alpha value is -2.98. The van der Waals surface area contributed by atoms with E-state index in [1.807, 2.05) is 19.0 Å². The van der Waals surface area contributed by atoms with Crippen LogP contribution in [0.5, 0.6) is 17.2 Å². The summed E-state index contributed by atoms with van der Waals surface area (Å²) < 4.78 is 43.4. The minimum atomic E-state index is -3.66. The van der Waals surface area contributed by atoms with Crippen LogP contribution in [0.15, 0.2) is 35.2 Å². The SMILES string of the molecule is CCN(CC)S(=O)(=O)c1ccc(N(C)C)c(NC(=O)CCc2cc(OC)c(OC)c(OC)c2)c1. The van der Waals surface area contributed by atoms with Crippen LogP contribution in [0, 0.1) is 0 Å². The molecule has 188 valence electrons. The average Bonchev–Trinajstić information content (AvgIpc) is 2.82. The molecule has 2 aromatic rings. The van der Waals surface area contributed by atoms with Gasteiger partial charge in [0, 0.05) is 33.6 Å². The first-order valence-electron chi connectivity index (χ1n) is 11.0. The first-order valence-corrected chi connectivity index (χ1v) is 12.5. The highest BCUT2D eigenvalue weighted by atomic mass is 32.2. The van der Waals surface area contributed by atoms with E-state index in [-0.39, 0.29) is 17.2 Å². The van der Waals surface area contributed by atoms with E-state index < -0.39 is 10.0 Å². The van der Waals surface area contributed by atoms with E-state index in [1.54, 1.807) is 38.1 Å². The van der Waals surface area contributed by atoms with Crippen molar-refractivity contribution >= 4 is 27.3 Å². The molecule has 0 bridgehead atoms. The number of anilines is 2. The average molecular weight is 494 g/mol. The lowest BCUT2D eigenvalue weighted by molar-refractivity contribution is -0.116. The zero-order chi connectivity index (χ0) is 25.5. The van der Waals surface area contributed by atoms with Crippen molar-refractivity contribution in [3.05, 3.63) is 35.9 Å². The van der Waals surface area contributed by atoms with Crippen LogP contribution >= 0.6 is 0 Å². The van der Waals surface area contributed by atoms with E-state index in [1.165, 1.54) is 31.7 Å². The predicted octanol–water partition coefficient (Wildman–Crippen LogP) is 3.38. The quantitative estimate of drug-likeness (QED) is 0.484. The van der Waals surface area contributed by atoms with Crippen molar-refractivity contribution in [1.29, 1.82) is 0 Å². The Balaban J connectivity index is 2.27. The molecule has 2 aromatic carbocycles. The molecule has 0 aliphatic carbocycles. The Morgan fingerprint density at radius 1 is 0.941 bits per heavy atom. The summed E-state index contributed by atoms with van der Waals surface area (Å²) in [5, 5.41) is 2.88. The van der Waals surface area contributed by atoms with Crippen LogP contribution in [-0.2, 0) is 21.2 Å². The monoisotopic (exact) mass is 493 g/mol. The summed E-state index contributed by atoms with van der Waals surface area (Å²) in [6.45, 7) is 4.32. The fourth-order valence-corrected chi connectivity index (χ4v) is 5.11. The standard InChI is InChI=1S/C24H35N3O6S/c1-8-27(9-2)34(29,30)18-11-12-20(26(3)4)19(16-18)25-23(28)13-10-17-14-21(31-5)24(33-7)22(15-17)32-6/h11-12,14-16H,8-10,13H2,1-7H3,(H,25,28). The van der Waals surface area contributed by atoms with Crippen LogP contribution in [0.2, 0.25) is 0 Å². The minimum absolute atomic E-state index is 0.140. The molecule has 10 heteroatoms. The Kier molecular flexibility index (Phi) is 9.57. The molecule has 0 saturated carbocycles. The molecule has 34 heavy (non-hydrogen) atoms. The van der Waals surface area contributed by atoms with Gasteiger partial charge in [0.25, 0.3) is 0 Å². The summed E-state index contributed by atoms with van der Waals surface area (Å²) in [4.78, 5) is 14.8. The number of sulfonamides is 1. The summed E-state index contributed by atoms with van der Waals surface area (Å²) in [5.41, 5.74) is 1.99. The number of rotatable bonds is 12. The molecular weight excluding hydrogens is 458 g/mol. The van der Waals surface area contributed by atoms with Crippen LogP contribution in [0.4, 0.5) is 11.4 Å². The van der Waals surface area contributed by atoms with Gasteiger partial charge in [-0.1, -0.05) is 13.8 Å². The van der Waals surface area contributed by atoms with Crippen LogP contribution < -0.4 is 24.4 Å². The summed E-state index contributed by atoms with van der Waals surface area (Å²) in [6.07, 6.45) is 0.607. The number of hydrogen-bond donors (Lipinski definition) is 1.